The Hall–Kier alpha value is -7.65. The fraction of sp³-hybridized carbons (Fsp3) is 0.125. The van der Waals surface area contributed by atoms with E-state index in [1.165, 1.54) is 87.6 Å². The van der Waals surface area contributed by atoms with Gasteiger partial charge in [0.25, 0.3) is 0 Å². The summed E-state index contributed by atoms with van der Waals surface area (Å²) >= 11 is 0. The van der Waals surface area contributed by atoms with Crippen LogP contribution >= 0.6 is 0 Å². The van der Waals surface area contributed by atoms with Gasteiger partial charge in [0.1, 0.15) is 39.1 Å². The standard InChI is InChI=1S/C64H58O4Si2/c1-65-53-35-27-49(28-36-53)61-57(45-19-11-7-12-20-45)58(46-21-13-8-14-22-46)62(50-29-37-54(66-2)38-30-50)69(61,5)43-44-70(6)63(51-31-39-55(67-3)40-32-51)59(47-23-15-9-16-24-47)60(48-25-17-10-18-26-48)64(70)52-33-41-56(68-4)42-34-52/h7-42H,43-44H2,1-6H3. The third kappa shape index (κ3) is 8.37. The van der Waals surface area contributed by atoms with Gasteiger partial charge < -0.3 is 18.9 Å². The zero-order valence-electron chi connectivity index (χ0n) is 40.8. The monoisotopic (exact) mass is 946 g/mol. The molecule has 2 aliphatic rings. The van der Waals surface area contributed by atoms with E-state index in [2.05, 4.69) is 231 Å². The van der Waals surface area contributed by atoms with Crippen molar-refractivity contribution in [1.29, 1.82) is 0 Å². The van der Waals surface area contributed by atoms with Crippen molar-refractivity contribution in [2.75, 3.05) is 28.4 Å². The second-order valence-electron chi connectivity index (χ2n) is 18.5. The molecule has 0 unspecified atom stereocenters. The van der Waals surface area contributed by atoms with Gasteiger partial charge in [-0.2, -0.15) is 0 Å². The van der Waals surface area contributed by atoms with E-state index in [1.807, 2.05) is 0 Å². The highest BCUT2D eigenvalue weighted by atomic mass is 28.3. The van der Waals surface area contributed by atoms with E-state index in [0.717, 1.165) is 35.1 Å². The van der Waals surface area contributed by atoms with Crippen molar-refractivity contribution in [3.05, 3.63) is 263 Å². The van der Waals surface area contributed by atoms with E-state index in [0.29, 0.717) is 0 Å². The van der Waals surface area contributed by atoms with Crippen LogP contribution in [-0.2, 0) is 0 Å². The number of rotatable bonds is 15. The molecule has 0 aliphatic carbocycles. The molecule has 0 spiro atoms. The van der Waals surface area contributed by atoms with E-state index >= 15 is 0 Å². The molecule has 0 amide bonds. The molecule has 0 saturated carbocycles. The van der Waals surface area contributed by atoms with E-state index in [-0.39, 0.29) is 0 Å². The molecule has 8 aromatic rings. The third-order valence-corrected chi connectivity index (χ3v) is 24.2. The van der Waals surface area contributed by atoms with Crippen molar-refractivity contribution in [3.8, 4) is 23.0 Å². The van der Waals surface area contributed by atoms with Crippen LogP contribution in [0.25, 0.3) is 43.1 Å². The Balaban J connectivity index is 1.30. The predicted molar refractivity (Wildman–Crippen MR) is 298 cm³/mol. The lowest BCUT2D eigenvalue weighted by Crippen LogP contribution is -2.39. The Morgan fingerprint density at radius 2 is 0.429 bits per heavy atom. The highest BCUT2D eigenvalue weighted by molar-refractivity contribution is 7.17. The van der Waals surface area contributed by atoms with Crippen molar-refractivity contribution in [1.82, 2.24) is 0 Å². The van der Waals surface area contributed by atoms with Gasteiger partial charge in [0.2, 0.25) is 0 Å². The molecule has 6 heteroatoms. The maximum absolute atomic E-state index is 5.81. The first-order chi connectivity index (χ1) is 34.3. The Morgan fingerprint density at radius 3 is 0.600 bits per heavy atom. The summed E-state index contributed by atoms with van der Waals surface area (Å²) < 4.78 is 23.2. The van der Waals surface area contributed by atoms with Gasteiger partial charge in [0.15, 0.2) is 0 Å². The van der Waals surface area contributed by atoms with Crippen molar-refractivity contribution in [2.24, 2.45) is 0 Å². The van der Waals surface area contributed by atoms with Gasteiger partial charge in [0, 0.05) is 0 Å². The van der Waals surface area contributed by atoms with Gasteiger partial charge in [-0.25, -0.2) is 0 Å². The van der Waals surface area contributed by atoms with Gasteiger partial charge in [-0.3, -0.25) is 0 Å². The summed E-state index contributed by atoms with van der Waals surface area (Å²) in [7, 11) is 1.28. The maximum Gasteiger partial charge on any atom is 0.118 e. The summed E-state index contributed by atoms with van der Waals surface area (Å²) in [6.07, 6.45) is 0. The summed E-state index contributed by atoms with van der Waals surface area (Å²) in [6.45, 7) is 5.31. The number of hydrogen-bond acceptors (Lipinski definition) is 4. The molecule has 2 heterocycles. The van der Waals surface area contributed by atoms with Gasteiger partial charge >= 0.3 is 0 Å². The first kappa shape index (κ1) is 46.1. The number of hydrogen-bond donors (Lipinski definition) is 0. The predicted octanol–water partition coefficient (Wildman–Crippen LogP) is 15.8. The Morgan fingerprint density at radius 1 is 0.243 bits per heavy atom. The average molecular weight is 947 g/mol. The van der Waals surface area contributed by atoms with Gasteiger partial charge in [0.05, 0.1) is 28.4 Å². The van der Waals surface area contributed by atoms with Crippen LogP contribution < -0.4 is 18.9 Å². The maximum atomic E-state index is 5.81. The molecule has 0 fully saturated rings. The Kier molecular flexibility index (Phi) is 13.0. The van der Waals surface area contributed by atoms with Crippen LogP contribution in [0.3, 0.4) is 0 Å². The van der Waals surface area contributed by atoms with Crippen LogP contribution in [0.5, 0.6) is 23.0 Å². The second-order valence-corrected chi connectivity index (χ2v) is 26.9. The van der Waals surface area contributed by atoms with E-state index < -0.39 is 16.1 Å². The zero-order valence-corrected chi connectivity index (χ0v) is 42.8. The molecule has 0 radical (unpaired) electrons. The van der Waals surface area contributed by atoms with Crippen LogP contribution in [0.2, 0.25) is 25.2 Å². The fourth-order valence-electron chi connectivity index (χ4n) is 11.3. The first-order valence-electron chi connectivity index (χ1n) is 24.1. The minimum Gasteiger partial charge on any atom is -0.497 e. The molecule has 0 bridgehead atoms. The zero-order chi connectivity index (χ0) is 48.2. The molecule has 2 aliphatic heterocycles. The average Bonchev–Trinajstić information content (AvgIpc) is 3.87. The Bertz CT molecular complexity index is 2810. The van der Waals surface area contributed by atoms with Crippen molar-refractivity contribution >= 4 is 59.2 Å². The molecule has 0 saturated heterocycles. The highest BCUT2D eigenvalue weighted by Gasteiger charge is 2.52. The quantitative estimate of drug-likeness (QED) is 0.0960. The molecule has 0 N–H and O–H groups in total. The topological polar surface area (TPSA) is 36.9 Å². The van der Waals surface area contributed by atoms with E-state index in [9.17, 15) is 0 Å². The van der Waals surface area contributed by atoms with Gasteiger partial charge in [-0.15, -0.1) is 0 Å². The largest absolute Gasteiger partial charge is 0.497 e. The number of ether oxygens (including phenoxy) is 4. The summed E-state index contributed by atoms with van der Waals surface area (Å²) in [5.74, 6) is 3.37. The van der Waals surface area contributed by atoms with Gasteiger partial charge in [-0.1, -0.05) is 195 Å². The molecule has 0 atom stereocenters. The molecule has 10 rings (SSSR count). The lowest BCUT2D eigenvalue weighted by atomic mass is 9.89. The molecule has 0 aromatic heterocycles. The fourth-order valence-corrected chi connectivity index (χ4v) is 23.3. The molecular formula is C64H58O4Si2. The number of methoxy groups -OCH3 is 4. The SMILES string of the molecule is COc1ccc(C2=C(c3ccccc3)C(c3ccccc3)=C(c3ccc(OC)cc3)[Si]2(C)CC[Si]2(C)C(c3ccc(OC)cc3)=C(c3ccccc3)C(c3ccccc3)=C2c2ccc(OC)cc2)cc1. The summed E-state index contributed by atoms with van der Waals surface area (Å²) in [6, 6.07) is 81.7. The van der Waals surface area contributed by atoms with Crippen LogP contribution in [0.15, 0.2) is 218 Å². The normalized spacial score (nSPS) is 15.1. The van der Waals surface area contributed by atoms with Crippen LogP contribution in [0.4, 0.5) is 0 Å². The van der Waals surface area contributed by atoms with Crippen LogP contribution in [-0.4, -0.2) is 44.6 Å². The molecule has 4 nitrogen and oxygen atoms in total. The van der Waals surface area contributed by atoms with E-state index in [4.69, 9.17) is 18.9 Å². The molecule has 8 aromatic carbocycles. The summed E-state index contributed by atoms with van der Waals surface area (Å²) in [5, 5.41) is 5.77. The molecular weight excluding hydrogens is 889 g/mol. The minimum absolute atomic E-state index is 0.842. The summed E-state index contributed by atoms with van der Waals surface area (Å²) in [5.41, 5.74) is 15.0. The second kappa shape index (κ2) is 19.8. The molecule has 70 heavy (non-hydrogen) atoms. The lowest BCUT2D eigenvalue weighted by Gasteiger charge is -2.37. The van der Waals surface area contributed by atoms with Crippen LogP contribution in [0.1, 0.15) is 44.5 Å². The Labute approximate surface area is 415 Å². The minimum atomic E-state index is -2.85. The third-order valence-electron chi connectivity index (χ3n) is 14.6. The summed E-state index contributed by atoms with van der Waals surface area (Å²) in [4.78, 5) is 0. The number of benzene rings is 8. The highest BCUT2D eigenvalue weighted by Crippen LogP contribution is 2.62. The van der Waals surface area contributed by atoms with Crippen LogP contribution in [0, 0.1) is 0 Å². The molecule has 346 valence electrons. The van der Waals surface area contributed by atoms with E-state index in [1.54, 1.807) is 28.4 Å². The van der Waals surface area contributed by atoms with Crippen molar-refractivity contribution in [2.45, 2.75) is 25.2 Å². The lowest BCUT2D eigenvalue weighted by molar-refractivity contribution is 0.414. The first-order valence-corrected chi connectivity index (χ1v) is 29.5. The number of allylic oxidation sites excluding steroid dienone is 4. The smallest absolute Gasteiger partial charge is 0.118 e. The van der Waals surface area contributed by atoms with Gasteiger partial charge in [-0.05, 0) is 136 Å². The van der Waals surface area contributed by atoms with Crippen molar-refractivity contribution < 1.29 is 18.9 Å². The van der Waals surface area contributed by atoms with Crippen molar-refractivity contribution in [3.63, 3.8) is 0 Å².